The third-order valence-corrected chi connectivity index (χ3v) is 3.87. The molecule has 1 N–H and O–H groups in total. The lowest BCUT2D eigenvalue weighted by molar-refractivity contribution is -0.0504. The fraction of sp³-hybridized carbons (Fsp3) is 0.294. The van der Waals surface area contributed by atoms with Gasteiger partial charge in [0.25, 0.3) is 5.91 Å². The van der Waals surface area contributed by atoms with Crippen LogP contribution in [-0.2, 0) is 4.74 Å². The largest absolute Gasteiger partial charge is 0.478 e. The van der Waals surface area contributed by atoms with E-state index in [1.54, 1.807) is 12.1 Å². The molecule has 1 unspecified atom stereocenters. The van der Waals surface area contributed by atoms with E-state index in [1.165, 1.54) is 17.0 Å². The number of carbonyl (C=O) groups excluding carboxylic acids is 1. The molecule has 1 saturated heterocycles. The number of hydrogen-bond acceptors (Lipinski definition) is 5. The van der Waals surface area contributed by atoms with E-state index >= 15 is 0 Å². The van der Waals surface area contributed by atoms with E-state index in [9.17, 15) is 18.4 Å². The standard InChI is InChI=1S/C17H15F2NO6/c18-17(19)26-12-3-1-2-10(6-12)14-8-20(4-5-24-14)15(21)13-7-11(9-25-13)16(22)23/h1-3,6-7,9,14,17H,4-5,8H2,(H,22,23). The fourth-order valence-corrected chi connectivity index (χ4v) is 2.64. The van der Waals surface area contributed by atoms with Gasteiger partial charge in [0.2, 0.25) is 0 Å². The average molecular weight is 367 g/mol. The number of hydrogen-bond donors (Lipinski definition) is 1. The van der Waals surface area contributed by atoms with E-state index in [-0.39, 0.29) is 30.2 Å². The Bertz CT molecular complexity index is 806. The number of ether oxygens (including phenoxy) is 2. The van der Waals surface area contributed by atoms with Gasteiger partial charge in [-0.1, -0.05) is 12.1 Å². The molecule has 0 radical (unpaired) electrons. The zero-order valence-electron chi connectivity index (χ0n) is 13.4. The molecule has 1 aromatic heterocycles. The summed E-state index contributed by atoms with van der Waals surface area (Å²) in [7, 11) is 0. The molecule has 0 spiro atoms. The monoisotopic (exact) mass is 367 g/mol. The van der Waals surface area contributed by atoms with Crippen LogP contribution < -0.4 is 4.74 Å². The number of carboxylic acids is 1. The Labute approximate surface area is 146 Å². The number of alkyl halides is 2. The Balaban J connectivity index is 1.72. The van der Waals surface area contributed by atoms with Gasteiger partial charge in [-0.3, -0.25) is 4.79 Å². The number of rotatable bonds is 5. The van der Waals surface area contributed by atoms with Gasteiger partial charge in [-0.25, -0.2) is 4.79 Å². The maximum Gasteiger partial charge on any atom is 0.387 e. The zero-order valence-corrected chi connectivity index (χ0v) is 13.4. The van der Waals surface area contributed by atoms with Crippen LogP contribution in [0.1, 0.15) is 32.6 Å². The minimum absolute atomic E-state index is 0.00156. The summed E-state index contributed by atoms with van der Waals surface area (Å²) < 4.78 is 39.7. The molecule has 1 atom stereocenters. The second kappa shape index (κ2) is 7.52. The lowest BCUT2D eigenvalue weighted by atomic mass is 10.1. The molecule has 9 heteroatoms. The number of amides is 1. The van der Waals surface area contributed by atoms with Crippen LogP contribution in [0.15, 0.2) is 41.0 Å². The Morgan fingerprint density at radius 2 is 2.12 bits per heavy atom. The third kappa shape index (κ3) is 3.99. The number of aromatic carboxylic acids is 1. The van der Waals surface area contributed by atoms with Crippen molar-refractivity contribution in [1.29, 1.82) is 0 Å². The first-order chi connectivity index (χ1) is 12.4. The van der Waals surface area contributed by atoms with Gasteiger partial charge in [0.05, 0.1) is 18.7 Å². The van der Waals surface area contributed by atoms with Crippen LogP contribution in [0.25, 0.3) is 0 Å². The quantitative estimate of drug-likeness (QED) is 0.874. The Morgan fingerprint density at radius 1 is 1.31 bits per heavy atom. The molecule has 0 aliphatic carbocycles. The van der Waals surface area contributed by atoms with Gasteiger partial charge >= 0.3 is 12.6 Å². The first kappa shape index (κ1) is 17.9. The smallest absolute Gasteiger partial charge is 0.387 e. The molecule has 138 valence electrons. The van der Waals surface area contributed by atoms with Crippen LogP contribution >= 0.6 is 0 Å². The molecule has 1 amide bonds. The van der Waals surface area contributed by atoms with Crippen molar-refractivity contribution in [3.05, 3.63) is 53.5 Å². The zero-order chi connectivity index (χ0) is 18.7. The SMILES string of the molecule is O=C(O)c1coc(C(=O)N2CCOC(c3cccc(OC(F)F)c3)C2)c1. The average Bonchev–Trinajstić information content (AvgIpc) is 3.11. The molecule has 1 fully saturated rings. The molecule has 1 aliphatic rings. The molecule has 26 heavy (non-hydrogen) atoms. The van der Waals surface area contributed by atoms with E-state index in [4.69, 9.17) is 14.3 Å². The van der Waals surface area contributed by atoms with Crippen LogP contribution in [0.2, 0.25) is 0 Å². The van der Waals surface area contributed by atoms with Crippen molar-refractivity contribution in [3.63, 3.8) is 0 Å². The molecule has 1 aliphatic heterocycles. The Morgan fingerprint density at radius 3 is 2.81 bits per heavy atom. The number of morpholine rings is 1. The van der Waals surface area contributed by atoms with Crippen molar-refractivity contribution in [3.8, 4) is 5.75 Å². The first-order valence-electron chi connectivity index (χ1n) is 7.71. The van der Waals surface area contributed by atoms with Crippen LogP contribution in [-0.4, -0.2) is 48.2 Å². The highest BCUT2D eigenvalue weighted by molar-refractivity contribution is 5.95. The van der Waals surface area contributed by atoms with Crippen LogP contribution in [0, 0.1) is 0 Å². The highest BCUT2D eigenvalue weighted by Gasteiger charge is 2.28. The maximum absolute atomic E-state index is 12.5. The van der Waals surface area contributed by atoms with Crippen molar-refractivity contribution in [1.82, 2.24) is 4.90 Å². The van der Waals surface area contributed by atoms with Crippen LogP contribution in [0.5, 0.6) is 5.75 Å². The summed E-state index contributed by atoms with van der Waals surface area (Å²) in [5.41, 5.74) is 0.473. The Kier molecular flexibility index (Phi) is 5.17. The van der Waals surface area contributed by atoms with E-state index < -0.39 is 24.6 Å². The van der Waals surface area contributed by atoms with E-state index in [0.717, 1.165) is 12.3 Å². The van der Waals surface area contributed by atoms with Crippen molar-refractivity contribution in [2.24, 2.45) is 0 Å². The van der Waals surface area contributed by atoms with Gasteiger partial charge in [-0.2, -0.15) is 8.78 Å². The predicted octanol–water partition coefficient (Wildman–Crippen LogP) is 2.79. The number of carboxylic acid groups (broad SMARTS) is 1. The lowest BCUT2D eigenvalue weighted by Gasteiger charge is -2.32. The summed E-state index contributed by atoms with van der Waals surface area (Å²) in [6, 6.07) is 7.24. The number of carbonyl (C=O) groups is 2. The van der Waals surface area contributed by atoms with Crippen LogP contribution in [0.3, 0.4) is 0 Å². The highest BCUT2D eigenvalue weighted by Crippen LogP contribution is 2.27. The second-order valence-corrected chi connectivity index (χ2v) is 5.57. The number of benzene rings is 1. The van der Waals surface area contributed by atoms with E-state index in [0.29, 0.717) is 12.1 Å². The minimum Gasteiger partial charge on any atom is -0.478 e. The van der Waals surface area contributed by atoms with E-state index in [2.05, 4.69) is 4.74 Å². The van der Waals surface area contributed by atoms with Gasteiger partial charge in [0.15, 0.2) is 5.76 Å². The van der Waals surface area contributed by atoms with Gasteiger partial charge < -0.3 is 23.9 Å². The molecule has 7 nitrogen and oxygen atoms in total. The topological polar surface area (TPSA) is 89.2 Å². The van der Waals surface area contributed by atoms with Gasteiger partial charge in [0, 0.05) is 12.6 Å². The number of nitrogens with zero attached hydrogens (tertiary/aromatic N) is 1. The molecule has 2 heterocycles. The molecular formula is C17H15F2NO6. The Hall–Kier alpha value is -2.94. The molecule has 0 saturated carbocycles. The predicted molar refractivity (Wildman–Crippen MR) is 83.3 cm³/mol. The summed E-state index contributed by atoms with van der Waals surface area (Å²) >= 11 is 0. The van der Waals surface area contributed by atoms with E-state index in [1.807, 2.05) is 0 Å². The molecular weight excluding hydrogens is 352 g/mol. The van der Waals surface area contributed by atoms with Crippen molar-refractivity contribution < 1.29 is 37.4 Å². The second-order valence-electron chi connectivity index (χ2n) is 5.57. The molecule has 2 aromatic rings. The summed E-state index contributed by atoms with van der Waals surface area (Å²) in [5.74, 6) is -1.74. The molecule has 0 bridgehead atoms. The molecule has 3 rings (SSSR count). The summed E-state index contributed by atoms with van der Waals surface area (Å²) in [4.78, 5) is 24.8. The number of furan rings is 1. The summed E-state index contributed by atoms with van der Waals surface area (Å²) in [6.45, 7) is -2.23. The highest BCUT2D eigenvalue weighted by atomic mass is 19.3. The minimum atomic E-state index is -2.93. The van der Waals surface area contributed by atoms with Crippen LogP contribution in [0.4, 0.5) is 8.78 Å². The van der Waals surface area contributed by atoms with Gasteiger partial charge in [0.1, 0.15) is 18.1 Å². The maximum atomic E-state index is 12.5. The molecule has 1 aromatic carbocycles. The van der Waals surface area contributed by atoms with Crippen molar-refractivity contribution in [2.45, 2.75) is 12.7 Å². The summed E-state index contributed by atoms with van der Waals surface area (Å²) in [5, 5.41) is 8.90. The lowest BCUT2D eigenvalue weighted by Crippen LogP contribution is -2.42. The van der Waals surface area contributed by atoms with Gasteiger partial charge in [-0.05, 0) is 17.7 Å². The van der Waals surface area contributed by atoms with Gasteiger partial charge in [-0.15, -0.1) is 0 Å². The summed E-state index contributed by atoms with van der Waals surface area (Å²) in [6.07, 6.45) is 0.474. The fourth-order valence-electron chi connectivity index (χ4n) is 2.64. The third-order valence-electron chi connectivity index (χ3n) is 3.87. The normalized spacial score (nSPS) is 17.3. The van der Waals surface area contributed by atoms with Crippen molar-refractivity contribution in [2.75, 3.05) is 19.7 Å². The first-order valence-corrected chi connectivity index (χ1v) is 7.71. The van der Waals surface area contributed by atoms with Crippen molar-refractivity contribution >= 4 is 11.9 Å². The number of halogens is 2.